The Hall–Kier alpha value is -2.55. The van der Waals surface area contributed by atoms with E-state index in [0.29, 0.717) is 28.2 Å². The van der Waals surface area contributed by atoms with Gasteiger partial charge in [0.2, 0.25) is 5.13 Å². The third kappa shape index (κ3) is 3.37. The molecule has 1 aromatic carbocycles. The Morgan fingerprint density at radius 3 is 2.66 bits per heavy atom. The van der Waals surface area contributed by atoms with Crippen LogP contribution in [-0.4, -0.2) is 43.3 Å². The van der Waals surface area contributed by atoms with Crippen LogP contribution in [-0.2, 0) is 7.05 Å². The molecular weight excluding hydrogens is 396 g/mol. The van der Waals surface area contributed by atoms with Gasteiger partial charge in [-0.3, -0.25) is 4.68 Å². The summed E-state index contributed by atoms with van der Waals surface area (Å²) in [4.78, 5) is 2.07. The van der Waals surface area contributed by atoms with Crippen molar-refractivity contribution in [2.24, 2.45) is 7.05 Å². The van der Waals surface area contributed by atoms with Crippen LogP contribution in [0.2, 0.25) is 0 Å². The normalized spacial score (nSPS) is 21.6. The summed E-state index contributed by atoms with van der Waals surface area (Å²) in [6, 6.07) is 2.80. The first kappa shape index (κ1) is 18.5. The van der Waals surface area contributed by atoms with Gasteiger partial charge in [-0.05, 0) is 44.2 Å². The fourth-order valence-corrected chi connectivity index (χ4v) is 5.07. The van der Waals surface area contributed by atoms with Crippen molar-refractivity contribution in [2.75, 3.05) is 4.90 Å². The molecule has 2 heterocycles. The van der Waals surface area contributed by atoms with Crippen molar-refractivity contribution < 1.29 is 13.9 Å². The number of phenolic OH excluding ortho intramolecular Hbond substituents is 1. The van der Waals surface area contributed by atoms with Crippen molar-refractivity contribution >= 4 is 16.5 Å². The van der Waals surface area contributed by atoms with E-state index in [1.54, 1.807) is 24.1 Å². The molecule has 0 spiro atoms. The highest BCUT2D eigenvalue weighted by molar-refractivity contribution is 7.18. The number of hydrogen-bond acceptors (Lipinski definition) is 6. The molecule has 6 nitrogen and oxygen atoms in total. The molecular formula is C20H21F2N5OS. The first-order valence-electron chi connectivity index (χ1n) is 9.79. The fourth-order valence-electron chi connectivity index (χ4n) is 4.07. The molecule has 2 saturated carbocycles. The summed E-state index contributed by atoms with van der Waals surface area (Å²) in [5.41, 5.74) is 1.15. The monoisotopic (exact) mass is 417 g/mol. The van der Waals surface area contributed by atoms with Gasteiger partial charge in [0.15, 0.2) is 5.01 Å². The topological polar surface area (TPSA) is 67.1 Å². The van der Waals surface area contributed by atoms with E-state index in [-0.39, 0.29) is 22.9 Å². The standard InChI is InChI=1S/C20H21F2N5OS/c1-26-10-11(9-23-26)13-8-18(28)14(7-16(13)22)19-24-25-20(29-19)27(12-5-6-12)17-4-2-3-15(17)21/h7-10,12,15,17,28H,2-6H2,1H3/t15-,17+/m1/s1. The van der Waals surface area contributed by atoms with Gasteiger partial charge < -0.3 is 10.0 Å². The summed E-state index contributed by atoms with van der Waals surface area (Å²) in [5, 5.41) is 24.1. The largest absolute Gasteiger partial charge is 0.507 e. The minimum Gasteiger partial charge on any atom is -0.507 e. The molecule has 3 aromatic rings. The third-order valence-electron chi connectivity index (χ3n) is 5.66. The molecule has 29 heavy (non-hydrogen) atoms. The molecule has 5 rings (SSSR count). The summed E-state index contributed by atoms with van der Waals surface area (Å²) in [5.74, 6) is -0.545. The highest BCUT2D eigenvalue weighted by Gasteiger charge is 2.41. The number of aromatic hydroxyl groups is 1. The van der Waals surface area contributed by atoms with Crippen LogP contribution in [0.1, 0.15) is 32.1 Å². The molecule has 2 aromatic heterocycles. The predicted octanol–water partition coefficient (Wildman–Crippen LogP) is 4.31. The van der Waals surface area contributed by atoms with Crippen LogP contribution in [0, 0.1) is 5.82 Å². The zero-order chi connectivity index (χ0) is 20.1. The highest BCUT2D eigenvalue weighted by atomic mass is 32.1. The molecule has 0 radical (unpaired) electrons. The molecule has 0 amide bonds. The quantitative estimate of drug-likeness (QED) is 0.670. The molecule has 0 bridgehead atoms. The zero-order valence-corrected chi connectivity index (χ0v) is 16.7. The van der Waals surface area contributed by atoms with Crippen LogP contribution in [0.3, 0.4) is 0 Å². The van der Waals surface area contributed by atoms with E-state index in [4.69, 9.17) is 0 Å². The molecule has 0 unspecified atom stereocenters. The van der Waals surface area contributed by atoms with Crippen molar-refractivity contribution in [2.45, 2.75) is 50.4 Å². The van der Waals surface area contributed by atoms with E-state index >= 15 is 0 Å². The number of rotatable bonds is 5. The molecule has 9 heteroatoms. The Kier molecular flexibility index (Phi) is 4.49. The molecule has 0 aliphatic heterocycles. The van der Waals surface area contributed by atoms with Gasteiger partial charge in [0, 0.05) is 30.4 Å². The smallest absolute Gasteiger partial charge is 0.209 e. The zero-order valence-electron chi connectivity index (χ0n) is 15.9. The van der Waals surface area contributed by atoms with Crippen LogP contribution in [0.4, 0.5) is 13.9 Å². The minimum atomic E-state index is -0.854. The second kappa shape index (κ2) is 7.05. The minimum absolute atomic E-state index is 0.0739. The van der Waals surface area contributed by atoms with Crippen molar-refractivity contribution in [3.05, 3.63) is 30.3 Å². The summed E-state index contributed by atoms with van der Waals surface area (Å²) < 4.78 is 30.7. The van der Waals surface area contributed by atoms with E-state index < -0.39 is 12.0 Å². The van der Waals surface area contributed by atoms with Gasteiger partial charge in [-0.25, -0.2) is 8.78 Å². The fraction of sp³-hybridized carbons (Fsp3) is 0.450. The van der Waals surface area contributed by atoms with E-state index in [2.05, 4.69) is 20.2 Å². The van der Waals surface area contributed by atoms with Crippen molar-refractivity contribution in [3.8, 4) is 27.4 Å². The van der Waals surface area contributed by atoms with E-state index in [9.17, 15) is 13.9 Å². The van der Waals surface area contributed by atoms with Crippen LogP contribution in [0.15, 0.2) is 24.5 Å². The third-order valence-corrected chi connectivity index (χ3v) is 6.63. The highest BCUT2D eigenvalue weighted by Crippen LogP contribution is 2.43. The first-order chi connectivity index (χ1) is 14.0. The predicted molar refractivity (Wildman–Crippen MR) is 107 cm³/mol. The van der Waals surface area contributed by atoms with Gasteiger partial charge >= 0.3 is 0 Å². The van der Waals surface area contributed by atoms with Crippen molar-refractivity contribution in [1.29, 1.82) is 0 Å². The van der Waals surface area contributed by atoms with Gasteiger partial charge in [-0.1, -0.05) is 11.3 Å². The summed E-state index contributed by atoms with van der Waals surface area (Å²) in [6.45, 7) is 0. The van der Waals surface area contributed by atoms with Gasteiger partial charge in [0.25, 0.3) is 0 Å². The molecule has 1 N–H and O–H groups in total. The Balaban J connectivity index is 1.48. The Morgan fingerprint density at radius 2 is 2.00 bits per heavy atom. The van der Waals surface area contributed by atoms with E-state index in [0.717, 1.165) is 25.7 Å². The van der Waals surface area contributed by atoms with Gasteiger partial charge in [0.05, 0.1) is 17.8 Å². The summed E-state index contributed by atoms with van der Waals surface area (Å²) in [7, 11) is 1.75. The number of halogens is 2. The second-order valence-corrected chi connectivity index (χ2v) is 8.75. The Morgan fingerprint density at radius 1 is 1.17 bits per heavy atom. The van der Waals surface area contributed by atoms with Crippen LogP contribution < -0.4 is 4.90 Å². The van der Waals surface area contributed by atoms with Gasteiger partial charge in [-0.15, -0.1) is 10.2 Å². The lowest BCUT2D eigenvalue weighted by Crippen LogP contribution is -2.40. The lowest BCUT2D eigenvalue weighted by molar-refractivity contribution is 0.300. The lowest BCUT2D eigenvalue weighted by atomic mass is 10.1. The molecule has 2 fully saturated rings. The van der Waals surface area contributed by atoms with Crippen LogP contribution in [0.5, 0.6) is 5.75 Å². The number of anilines is 1. The average Bonchev–Trinajstić information content (AvgIpc) is 3.04. The lowest BCUT2D eigenvalue weighted by Gasteiger charge is -2.29. The van der Waals surface area contributed by atoms with Gasteiger partial charge in [0.1, 0.15) is 17.7 Å². The van der Waals surface area contributed by atoms with Crippen LogP contribution >= 0.6 is 11.3 Å². The van der Waals surface area contributed by atoms with Crippen molar-refractivity contribution in [1.82, 2.24) is 20.0 Å². The molecule has 2 aliphatic rings. The molecule has 2 aliphatic carbocycles. The van der Waals surface area contributed by atoms with Gasteiger partial charge in [-0.2, -0.15) is 5.10 Å². The van der Waals surface area contributed by atoms with E-state index in [1.807, 2.05) is 0 Å². The number of nitrogens with zero attached hydrogens (tertiary/aromatic N) is 5. The van der Waals surface area contributed by atoms with E-state index in [1.165, 1.54) is 23.5 Å². The number of benzene rings is 1. The number of hydrogen-bond donors (Lipinski definition) is 1. The first-order valence-corrected chi connectivity index (χ1v) is 10.6. The van der Waals surface area contributed by atoms with Crippen LogP contribution in [0.25, 0.3) is 21.7 Å². The number of phenols is 1. The second-order valence-electron chi connectivity index (χ2n) is 7.79. The molecule has 0 saturated heterocycles. The molecule has 152 valence electrons. The summed E-state index contributed by atoms with van der Waals surface area (Å²) >= 11 is 1.27. The average molecular weight is 417 g/mol. The maximum Gasteiger partial charge on any atom is 0.209 e. The number of alkyl halides is 1. The Bertz CT molecular complexity index is 1050. The van der Waals surface area contributed by atoms with Crippen molar-refractivity contribution in [3.63, 3.8) is 0 Å². The molecule has 2 atom stereocenters. The maximum atomic E-state index is 14.8. The maximum absolute atomic E-state index is 14.8. The Labute approximate surface area is 170 Å². The summed E-state index contributed by atoms with van der Waals surface area (Å²) in [6.07, 6.45) is 6.70. The SMILES string of the molecule is Cn1cc(-c2cc(O)c(-c3nnc(N(C4CC4)[C@H]4CCC[C@H]4F)s3)cc2F)cn1. The number of aromatic nitrogens is 4. The number of aryl methyl sites for hydroxylation is 1.